The Balaban J connectivity index is 1.73. The van der Waals surface area contributed by atoms with Crippen molar-refractivity contribution >= 4 is 15.7 Å². The molecule has 1 saturated heterocycles. The minimum absolute atomic E-state index is 0.0179. The van der Waals surface area contributed by atoms with E-state index in [-0.39, 0.29) is 16.6 Å². The number of hydrogen-bond donors (Lipinski definition) is 1. The van der Waals surface area contributed by atoms with Crippen LogP contribution >= 0.6 is 0 Å². The summed E-state index contributed by atoms with van der Waals surface area (Å²) in [5, 5.41) is 11.1. The topological polar surface area (TPSA) is 92.5 Å². The number of benzene rings is 2. The summed E-state index contributed by atoms with van der Waals surface area (Å²) >= 11 is 0. The molecule has 0 aromatic heterocycles. The predicted octanol–water partition coefficient (Wildman–Crippen LogP) is 2.76. The monoisotopic (exact) mass is 389 g/mol. The molecule has 27 heavy (non-hydrogen) atoms. The number of nitro groups is 1. The van der Waals surface area contributed by atoms with E-state index in [0.29, 0.717) is 24.1 Å². The number of nitrogens with one attached hydrogen (secondary N) is 1. The fourth-order valence-electron chi connectivity index (χ4n) is 3.39. The van der Waals surface area contributed by atoms with Gasteiger partial charge in [-0.2, -0.15) is 0 Å². The number of nitrogens with zero attached hydrogens (tertiary/aromatic N) is 2. The molecule has 2 aromatic rings. The average Bonchev–Trinajstić information content (AvgIpc) is 3.03. The standard InChI is InChI=1S/C19H23N3O4S/c1-14-10-18(22(23)24)11-19(15(14)2)27(25,26)20-17-8-9-21(13-17)12-16-6-4-3-5-7-16/h3-7,10-11,17,20H,8-9,12-13H2,1-2H3. The normalized spacial score (nSPS) is 17.9. The molecule has 3 rings (SSSR count). The van der Waals surface area contributed by atoms with Crippen LogP contribution in [-0.2, 0) is 16.6 Å². The molecular weight excluding hydrogens is 366 g/mol. The van der Waals surface area contributed by atoms with Crippen LogP contribution in [0.4, 0.5) is 5.69 Å². The lowest BCUT2D eigenvalue weighted by Gasteiger charge is -2.18. The van der Waals surface area contributed by atoms with Crippen LogP contribution in [0.1, 0.15) is 23.1 Å². The highest BCUT2D eigenvalue weighted by atomic mass is 32.2. The van der Waals surface area contributed by atoms with Crippen molar-refractivity contribution in [3.8, 4) is 0 Å². The molecule has 0 amide bonds. The van der Waals surface area contributed by atoms with Crippen LogP contribution in [0.25, 0.3) is 0 Å². The Kier molecular flexibility index (Phi) is 5.59. The molecule has 0 bridgehead atoms. The molecule has 2 aromatic carbocycles. The summed E-state index contributed by atoms with van der Waals surface area (Å²) in [5.74, 6) is 0. The Morgan fingerprint density at radius 1 is 1.22 bits per heavy atom. The Morgan fingerprint density at radius 3 is 2.59 bits per heavy atom. The van der Waals surface area contributed by atoms with Gasteiger partial charge in [-0.3, -0.25) is 15.0 Å². The first-order valence-electron chi connectivity index (χ1n) is 8.80. The van der Waals surface area contributed by atoms with Crippen LogP contribution in [-0.4, -0.2) is 37.4 Å². The van der Waals surface area contributed by atoms with E-state index in [4.69, 9.17) is 0 Å². The maximum absolute atomic E-state index is 12.8. The van der Waals surface area contributed by atoms with E-state index in [0.717, 1.165) is 19.2 Å². The number of likely N-dealkylation sites (tertiary alicyclic amines) is 1. The van der Waals surface area contributed by atoms with Crippen molar-refractivity contribution in [2.45, 2.75) is 37.8 Å². The van der Waals surface area contributed by atoms with Crippen LogP contribution in [0, 0.1) is 24.0 Å². The van der Waals surface area contributed by atoms with Gasteiger partial charge in [-0.05, 0) is 37.0 Å². The fourth-order valence-corrected chi connectivity index (χ4v) is 4.99. The Morgan fingerprint density at radius 2 is 1.93 bits per heavy atom. The summed E-state index contributed by atoms with van der Waals surface area (Å²) < 4.78 is 28.4. The Hall–Kier alpha value is -2.29. The van der Waals surface area contributed by atoms with Gasteiger partial charge in [0.2, 0.25) is 10.0 Å². The van der Waals surface area contributed by atoms with Crippen LogP contribution in [0.2, 0.25) is 0 Å². The number of hydrogen-bond acceptors (Lipinski definition) is 5. The Labute approximate surface area is 159 Å². The van der Waals surface area contributed by atoms with Crippen molar-refractivity contribution in [1.82, 2.24) is 9.62 Å². The van der Waals surface area contributed by atoms with Crippen molar-refractivity contribution in [2.24, 2.45) is 0 Å². The molecule has 0 radical (unpaired) electrons. The Bertz CT molecular complexity index is 945. The molecule has 8 heteroatoms. The van der Waals surface area contributed by atoms with Crippen LogP contribution < -0.4 is 4.72 Å². The quantitative estimate of drug-likeness (QED) is 0.606. The summed E-state index contributed by atoms with van der Waals surface area (Å²) in [6, 6.07) is 12.4. The third-order valence-electron chi connectivity index (χ3n) is 4.95. The highest BCUT2D eigenvalue weighted by Gasteiger charge is 2.29. The molecule has 1 atom stereocenters. The molecule has 1 unspecified atom stereocenters. The van der Waals surface area contributed by atoms with E-state index in [2.05, 4.69) is 9.62 Å². The van der Waals surface area contributed by atoms with Gasteiger partial charge in [0, 0.05) is 37.8 Å². The van der Waals surface area contributed by atoms with Gasteiger partial charge >= 0.3 is 0 Å². The van der Waals surface area contributed by atoms with Gasteiger partial charge in [0.25, 0.3) is 5.69 Å². The van der Waals surface area contributed by atoms with E-state index in [1.165, 1.54) is 11.6 Å². The molecular formula is C19H23N3O4S. The lowest BCUT2D eigenvalue weighted by Crippen LogP contribution is -2.37. The molecule has 1 aliphatic rings. The fraction of sp³-hybridized carbons (Fsp3) is 0.368. The van der Waals surface area contributed by atoms with Crippen molar-refractivity contribution in [2.75, 3.05) is 13.1 Å². The molecule has 0 saturated carbocycles. The molecule has 0 aliphatic carbocycles. The minimum Gasteiger partial charge on any atom is -0.297 e. The summed E-state index contributed by atoms with van der Waals surface area (Å²) in [7, 11) is -3.83. The van der Waals surface area contributed by atoms with Crippen LogP contribution in [0.3, 0.4) is 0 Å². The maximum Gasteiger partial charge on any atom is 0.271 e. The second kappa shape index (κ2) is 7.75. The molecule has 1 aliphatic heterocycles. The second-order valence-corrected chi connectivity index (χ2v) is 8.65. The summed E-state index contributed by atoms with van der Waals surface area (Å²) in [4.78, 5) is 12.7. The SMILES string of the molecule is Cc1cc([N+](=O)[O-])cc(S(=O)(=O)NC2CCN(Cc3ccccc3)C2)c1C. The van der Waals surface area contributed by atoms with Gasteiger partial charge in [0.05, 0.1) is 9.82 Å². The second-order valence-electron chi connectivity index (χ2n) is 6.97. The smallest absolute Gasteiger partial charge is 0.271 e. The third-order valence-corrected chi connectivity index (χ3v) is 6.59. The van der Waals surface area contributed by atoms with Gasteiger partial charge in [-0.15, -0.1) is 0 Å². The first-order chi connectivity index (χ1) is 12.8. The highest BCUT2D eigenvalue weighted by molar-refractivity contribution is 7.89. The van der Waals surface area contributed by atoms with Crippen LogP contribution in [0.5, 0.6) is 0 Å². The predicted molar refractivity (Wildman–Crippen MR) is 103 cm³/mol. The zero-order chi connectivity index (χ0) is 19.6. The molecule has 0 spiro atoms. The molecule has 7 nitrogen and oxygen atoms in total. The molecule has 144 valence electrons. The average molecular weight is 389 g/mol. The van der Waals surface area contributed by atoms with Crippen molar-refractivity contribution in [3.05, 3.63) is 69.3 Å². The molecule has 1 heterocycles. The minimum atomic E-state index is -3.83. The van der Waals surface area contributed by atoms with Gasteiger partial charge in [0.1, 0.15) is 0 Å². The lowest BCUT2D eigenvalue weighted by atomic mass is 10.1. The third kappa shape index (κ3) is 4.52. The largest absolute Gasteiger partial charge is 0.297 e. The van der Waals surface area contributed by atoms with Gasteiger partial charge in [-0.1, -0.05) is 30.3 Å². The molecule has 1 N–H and O–H groups in total. The lowest BCUT2D eigenvalue weighted by molar-refractivity contribution is -0.385. The van der Waals surface area contributed by atoms with Crippen molar-refractivity contribution < 1.29 is 13.3 Å². The molecule has 1 fully saturated rings. The number of nitro benzene ring substituents is 1. The number of aryl methyl sites for hydroxylation is 1. The zero-order valence-corrected chi connectivity index (χ0v) is 16.2. The first-order valence-corrected chi connectivity index (χ1v) is 10.3. The van der Waals surface area contributed by atoms with Gasteiger partial charge < -0.3 is 0 Å². The zero-order valence-electron chi connectivity index (χ0n) is 15.4. The maximum atomic E-state index is 12.8. The summed E-state index contributed by atoms with van der Waals surface area (Å²) in [6.07, 6.45) is 0.707. The van der Waals surface area contributed by atoms with E-state index >= 15 is 0 Å². The van der Waals surface area contributed by atoms with Crippen LogP contribution in [0.15, 0.2) is 47.4 Å². The summed E-state index contributed by atoms with van der Waals surface area (Å²) in [6.45, 7) is 5.53. The van der Waals surface area contributed by atoms with E-state index < -0.39 is 14.9 Å². The van der Waals surface area contributed by atoms with Gasteiger partial charge in [0.15, 0.2) is 0 Å². The van der Waals surface area contributed by atoms with Crippen molar-refractivity contribution in [3.63, 3.8) is 0 Å². The van der Waals surface area contributed by atoms with Crippen molar-refractivity contribution in [1.29, 1.82) is 0 Å². The van der Waals surface area contributed by atoms with E-state index in [9.17, 15) is 18.5 Å². The number of rotatable bonds is 6. The van der Waals surface area contributed by atoms with Gasteiger partial charge in [-0.25, -0.2) is 13.1 Å². The summed E-state index contributed by atoms with van der Waals surface area (Å²) in [5.41, 5.74) is 2.09. The highest BCUT2D eigenvalue weighted by Crippen LogP contribution is 2.26. The van der Waals surface area contributed by atoms with E-state index in [1.54, 1.807) is 13.8 Å². The number of non-ortho nitro benzene ring substituents is 1. The first kappa shape index (κ1) is 19.5. The van der Waals surface area contributed by atoms with E-state index in [1.807, 2.05) is 30.3 Å². The number of sulfonamides is 1.